The molecule has 1 aliphatic heterocycles. The van der Waals surface area contributed by atoms with Crippen LogP contribution in [0.4, 0.5) is 0 Å². The lowest BCUT2D eigenvalue weighted by molar-refractivity contribution is -0.128. The first-order valence-corrected chi connectivity index (χ1v) is 11.4. The molecule has 3 aromatic rings. The lowest BCUT2D eigenvalue weighted by Gasteiger charge is -2.20. The largest absolute Gasteiger partial charge is 0.343 e. The van der Waals surface area contributed by atoms with Crippen LogP contribution in [0, 0.1) is 0 Å². The summed E-state index contributed by atoms with van der Waals surface area (Å²) in [5, 5.41) is 6.15. The van der Waals surface area contributed by atoms with E-state index in [1.807, 2.05) is 60.7 Å². The lowest BCUT2D eigenvalue weighted by Crippen LogP contribution is -2.48. The van der Waals surface area contributed by atoms with Crippen molar-refractivity contribution < 1.29 is 14.4 Å². The number of fused-ring (bicyclic) bond motifs is 1. The van der Waals surface area contributed by atoms with Crippen LogP contribution in [0.25, 0.3) is 0 Å². The van der Waals surface area contributed by atoms with E-state index in [-0.39, 0.29) is 16.9 Å². The highest BCUT2D eigenvalue weighted by Crippen LogP contribution is 2.23. The number of benzene rings is 3. The standard InChI is InChI=1S/C26H23N2O3S/c29-24-22(16-20-13-7-8-14-21(20)17-27-24)28-25(30)23(15-18-9-3-1-4-10-18)32-26(31)19-11-5-2-6-12-19/h1-14,22-23H,15-17H2,(H,28,30). The molecule has 0 spiro atoms. The Hall–Kier alpha value is -3.38. The van der Waals surface area contributed by atoms with Gasteiger partial charge in [0.2, 0.25) is 11.0 Å². The van der Waals surface area contributed by atoms with Gasteiger partial charge < -0.3 is 5.32 Å². The zero-order valence-corrected chi connectivity index (χ0v) is 18.3. The predicted octanol–water partition coefficient (Wildman–Crippen LogP) is 3.54. The van der Waals surface area contributed by atoms with E-state index < -0.39 is 11.3 Å². The van der Waals surface area contributed by atoms with Crippen molar-refractivity contribution in [3.8, 4) is 0 Å². The van der Waals surface area contributed by atoms with E-state index in [2.05, 4.69) is 10.6 Å². The van der Waals surface area contributed by atoms with Gasteiger partial charge in [0.25, 0.3) is 5.91 Å². The molecule has 2 unspecified atom stereocenters. The summed E-state index contributed by atoms with van der Waals surface area (Å²) >= 11 is 0.989. The normalized spacial score (nSPS) is 16.2. The van der Waals surface area contributed by atoms with Gasteiger partial charge in [-0.1, -0.05) is 96.7 Å². The molecule has 161 valence electrons. The molecule has 0 aromatic heterocycles. The van der Waals surface area contributed by atoms with Gasteiger partial charge in [-0.15, -0.1) is 0 Å². The zero-order chi connectivity index (χ0) is 22.3. The van der Waals surface area contributed by atoms with E-state index in [0.29, 0.717) is 24.9 Å². The van der Waals surface area contributed by atoms with Crippen molar-refractivity contribution in [1.82, 2.24) is 10.6 Å². The van der Waals surface area contributed by atoms with Crippen LogP contribution < -0.4 is 10.6 Å². The molecule has 6 heteroatoms. The van der Waals surface area contributed by atoms with Gasteiger partial charge >= 0.3 is 0 Å². The first-order chi connectivity index (χ1) is 15.6. The number of carbonyl (C=O) groups excluding carboxylic acids is 3. The van der Waals surface area contributed by atoms with Crippen molar-refractivity contribution >= 4 is 28.7 Å². The monoisotopic (exact) mass is 443 g/mol. The van der Waals surface area contributed by atoms with Crippen LogP contribution in [-0.2, 0) is 29.0 Å². The summed E-state index contributed by atoms with van der Waals surface area (Å²) in [4.78, 5) is 38.7. The Morgan fingerprint density at radius 2 is 1.53 bits per heavy atom. The number of thioether (sulfide) groups is 1. The predicted molar refractivity (Wildman–Crippen MR) is 125 cm³/mol. The number of hydrogen-bond acceptors (Lipinski definition) is 4. The molecular weight excluding hydrogens is 420 g/mol. The molecule has 1 aliphatic rings. The van der Waals surface area contributed by atoms with Crippen molar-refractivity contribution in [3.05, 3.63) is 107 Å². The van der Waals surface area contributed by atoms with E-state index in [1.165, 1.54) is 0 Å². The van der Waals surface area contributed by atoms with Crippen molar-refractivity contribution in [2.24, 2.45) is 0 Å². The van der Waals surface area contributed by atoms with Crippen molar-refractivity contribution in [3.63, 3.8) is 0 Å². The Morgan fingerprint density at radius 1 is 0.906 bits per heavy atom. The van der Waals surface area contributed by atoms with Crippen LogP contribution >= 0.6 is 11.8 Å². The van der Waals surface area contributed by atoms with Gasteiger partial charge in [0.1, 0.15) is 6.04 Å². The Kier molecular flexibility index (Phi) is 7.02. The summed E-state index contributed by atoms with van der Waals surface area (Å²) in [6.07, 6.45) is 0.768. The van der Waals surface area contributed by atoms with E-state index >= 15 is 0 Å². The minimum atomic E-state index is -0.739. The number of hydrogen-bond donors (Lipinski definition) is 1. The Bertz CT molecular complexity index is 1100. The molecule has 0 bridgehead atoms. The van der Waals surface area contributed by atoms with Gasteiger partial charge in [-0.05, 0) is 23.1 Å². The number of nitrogens with one attached hydrogen (secondary N) is 1. The minimum absolute atomic E-state index is 0.177. The maximum Gasteiger partial charge on any atom is 0.264 e. The van der Waals surface area contributed by atoms with Crippen LogP contribution in [0.15, 0.2) is 84.9 Å². The average molecular weight is 444 g/mol. The highest BCUT2D eigenvalue weighted by atomic mass is 32.2. The summed E-state index contributed by atoms with van der Waals surface area (Å²) < 4.78 is 0. The summed E-state index contributed by atoms with van der Waals surface area (Å²) in [5.74, 6) is -0.677. The first-order valence-electron chi connectivity index (χ1n) is 10.5. The molecule has 0 saturated carbocycles. The molecule has 32 heavy (non-hydrogen) atoms. The molecule has 1 heterocycles. The lowest BCUT2D eigenvalue weighted by atomic mass is 10.0. The van der Waals surface area contributed by atoms with Gasteiger partial charge in [-0.3, -0.25) is 14.4 Å². The second-order valence-corrected chi connectivity index (χ2v) is 8.81. The highest BCUT2D eigenvalue weighted by Gasteiger charge is 2.30. The summed E-state index contributed by atoms with van der Waals surface area (Å²) in [5.41, 5.74) is 3.48. The van der Waals surface area contributed by atoms with E-state index in [9.17, 15) is 14.4 Å². The van der Waals surface area contributed by atoms with E-state index in [4.69, 9.17) is 0 Å². The van der Waals surface area contributed by atoms with Crippen LogP contribution in [0.1, 0.15) is 27.0 Å². The smallest absolute Gasteiger partial charge is 0.264 e. The maximum absolute atomic E-state index is 13.3. The SMILES string of the molecule is O=C(SC(Cc1ccccc1)C(=O)NC1Cc2ccccc2C[N]C1=O)c1ccccc1. The molecule has 4 rings (SSSR count). The number of nitrogens with zero attached hydrogens (tertiary/aromatic N) is 1. The maximum atomic E-state index is 13.3. The Labute approximate surface area is 191 Å². The summed E-state index contributed by atoms with van der Waals surface area (Å²) in [6, 6.07) is 25.5. The summed E-state index contributed by atoms with van der Waals surface area (Å²) in [7, 11) is 0. The number of amides is 2. The van der Waals surface area contributed by atoms with Crippen molar-refractivity contribution in [2.75, 3.05) is 0 Å². The second-order valence-electron chi connectivity index (χ2n) is 7.64. The fourth-order valence-corrected chi connectivity index (χ4v) is 4.64. The van der Waals surface area contributed by atoms with Crippen LogP contribution in [0.5, 0.6) is 0 Å². The molecular formula is C26H23N2O3S. The second kappa shape index (κ2) is 10.3. The third kappa shape index (κ3) is 5.45. The Morgan fingerprint density at radius 3 is 2.25 bits per heavy atom. The molecule has 0 saturated heterocycles. The summed E-state index contributed by atoms with van der Waals surface area (Å²) in [6.45, 7) is 0.316. The minimum Gasteiger partial charge on any atom is -0.343 e. The molecule has 0 fully saturated rings. The fourth-order valence-electron chi connectivity index (χ4n) is 3.66. The molecule has 0 aliphatic carbocycles. The van der Waals surface area contributed by atoms with Gasteiger partial charge in [0, 0.05) is 12.0 Å². The Balaban J connectivity index is 1.52. The quantitative estimate of drug-likeness (QED) is 0.632. The van der Waals surface area contributed by atoms with Gasteiger partial charge in [0.05, 0.1) is 11.8 Å². The van der Waals surface area contributed by atoms with Gasteiger partial charge in [-0.2, -0.15) is 0 Å². The van der Waals surface area contributed by atoms with Crippen molar-refractivity contribution in [1.29, 1.82) is 0 Å². The zero-order valence-electron chi connectivity index (χ0n) is 17.4. The molecule has 3 aromatic carbocycles. The van der Waals surface area contributed by atoms with Crippen LogP contribution in [-0.4, -0.2) is 28.2 Å². The topological polar surface area (TPSA) is 77.3 Å². The third-order valence-electron chi connectivity index (χ3n) is 5.38. The number of carbonyl (C=O) groups is 3. The van der Waals surface area contributed by atoms with Crippen LogP contribution in [0.2, 0.25) is 0 Å². The third-order valence-corrected chi connectivity index (χ3v) is 6.49. The first kappa shape index (κ1) is 21.8. The van der Waals surface area contributed by atoms with E-state index in [0.717, 1.165) is 28.5 Å². The fraction of sp³-hybridized carbons (Fsp3) is 0.192. The van der Waals surface area contributed by atoms with Gasteiger partial charge in [-0.25, -0.2) is 5.32 Å². The highest BCUT2D eigenvalue weighted by molar-refractivity contribution is 8.15. The average Bonchev–Trinajstić information content (AvgIpc) is 2.98. The van der Waals surface area contributed by atoms with Crippen LogP contribution in [0.3, 0.4) is 0 Å². The van der Waals surface area contributed by atoms with E-state index in [1.54, 1.807) is 24.3 Å². The van der Waals surface area contributed by atoms with Crippen molar-refractivity contribution in [2.45, 2.75) is 30.7 Å². The van der Waals surface area contributed by atoms with Gasteiger partial charge in [0.15, 0.2) is 0 Å². The molecule has 1 N–H and O–H groups in total. The molecule has 2 atom stereocenters. The molecule has 1 radical (unpaired) electrons. The number of rotatable bonds is 6. The molecule has 2 amide bonds. The molecule has 5 nitrogen and oxygen atoms in total.